The van der Waals surface area contributed by atoms with Crippen LogP contribution in [0.25, 0.3) is 0 Å². The van der Waals surface area contributed by atoms with Crippen molar-refractivity contribution in [2.45, 2.75) is 12.5 Å². The molecule has 0 saturated heterocycles. The van der Waals surface area contributed by atoms with Crippen molar-refractivity contribution in [1.82, 2.24) is 4.90 Å². The van der Waals surface area contributed by atoms with Gasteiger partial charge in [0.15, 0.2) is 0 Å². The quantitative estimate of drug-likeness (QED) is 0.478. The Morgan fingerprint density at radius 3 is 1.86 bits per heavy atom. The Labute approximate surface area is 168 Å². The number of fused-ring (bicyclic) bond motifs is 1. The number of imide groups is 1. The van der Waals surface area contributed by atoms with Crippen molar-refractivity contribution in [1.29, 1.82) is 0 Å². The number of ether oxygens (including phenoxy) is 1. The monoisotopic (exact) mass is 385 g/mol. The molecule has 2 amide bonds. The zero-order valence-corrected chi connectivity index (χ0v) is 15.7. The molecule has 29 heavy (non-hydrogen) atoms. The average Bonchev–Trinajstić information content (AvgIpc) is 3.02. The van der Waals surface area contributed by atoms with E-state index in [0.717, 1.165) is 10.5 Å². The molecule has 4 rings (SSSR count). The highest BCUT2D eigenvalue weighted by atomic mass is 16.5. The summed E-state index contributed by atoms with van der Waals surface area (Å²) in [5.74, 6) is -2.01. The summed E-state index contributed by atoms with van der Waals surface area (Å²) < 4.78 is 5.51. The lowest BCUT2D eigenvalue weighted by molar-refractivity contribution is -0.147. The van der Waals surface area contributed by atoms with E-state index in [1.165, 1.54) is 0 Å². The second kappa shape index (κ2) is 8.10. The first-order valence-electron chi connectivity index (χ1n) is 9.36. The van der Waals surface area contributed by atoms with Gasteiger partial charge in [-0.2, -0.15) is 0 Å². The van der Waals surface area contributed by atoms with Gasteiger partial charge in [-0.1, -0.05) is 72.8 Å². The van der Waals surface area contributed by atoms with E-state index in [0.29, 0.717) is 16.7 Å². The van der Waals surface area contributed by atoms with Crippen LogP contribution in [0.3, 0.4) is 0 Å². The second-order valence-corrected chi connectivity index (χ2v) is 6.82. The summed E-state index contributed by atoms with van der Waals surface area (Å²) in [5.41, 5.74) is 2.29. The summed E-state index contributed by atoms with van der Waals surface area (Å²) >= 11 is 0. The van der Waals surface area contributed by atoms with E-state index in [9.17, 15) is 14.4 Å². The molecule has 0 aromatic heterocycles. The number of carbonyl (C=O) groups is 3. The molecule has 0 N–H and O–H groups in total. The third-order valence-electron chi connectivity index (χ3n) is 4.95. The maximum atomic E-state index is 12.9. The summed E-state index contributed by atoms with van der Waals surface area (Å²) in [6.45, 7) is 0.0646. The molecule has 5 nitrogen and oxygen atoms in total. The largest absolute Gasteiger partial charge is 0.460 e. The predicted octanol–water partition coefficient (Wildman–Crippen LogP) is 3.81. The van der Waals surface area contributed by atoms with Gasteiger partial charge >= 0.3 is 5.97 Å². The fraction of sp³-hybridized carbons (Fsp3) is 0.125. The number of hydrogen-bond donors (Lipinski definition) is 0. The van der Waals surface area contributed by atoms with E-state index in [1.54, 1.807) is 36.4 Å². The first-order valence-corrected chi connectivity index (χ1v) is 9.36. The molecule has 1 unspecified atom stereocenters. The Hall–Kier alpha value is -3.73. The Kier molecular flexibility index (Phi) is 5.20. The lowest BCUT2D eigenvalue weighted by Gasteiger charge is -2.22. The van der Waals surface area contributed by atoms with Crippen LogP contribution in [0.15, 0.2) is 84.9 Å². The molecule has 0 spiro atoms. The predicted molar refractivity (Wildman–Crippen MR) is 107 cm³/mol. The van der Waals surface area contributed by atoms with Crippen LogP contribution in [0.2, 0.25) is 0 Å². The van der Waals surface area contributed by atoms with Gasteiger partial charge in [0.2, 0.25) is 0 Å². The van der Waals surface area contributed by atoms with E-state index >= 15 is 0 Å². The maximum Gasteiger partial charge on any atom is 0.315 e. The minimum atomic E-state index is -0.762. The van der Waals surface area contributed by atoms with Crippen molar-refractivity contribution in [2.75, 3.05) is 6.54 Å². The van der Waals surface area contributed by atoms with E-state index < -0.39 is 11.9 Å². The lowest BCUT2D eigenvalue weighted by Crippen LogP contribution is -2.36. The normalized spacial score (nSPS) is 13.9. The SMILES string of the molecule is O=C(OCc1ccccc1)C(CN1C(=O)c2ccccc2C1=O)c1ccccc1. The molecule has 3 aromatic rings. The van der Waals surface area contributed by atoms with Crippen LogP contribution in [0.1, 0.15) is 37.8 Å². The fourth-order valence-electron chi connectivity index (χ4n) is 3.42. The molecular formula is C24H19NO4. The maximum absolute atomic E-state index is 12.9. The average molecular weight is 385 g/mol. The van der Waals surface area contributed by atoms with Crippen molar-refractivity contribution in [3.8, 4) is 0 Å². The Balaban J connectivity index is 1.56. The first-order chi connectivity index (χ1) is 14.1. The molecule has 1 heterocycles. The molecule has 144 valence electrons. The van der Waals surface area contributed by atoms with E-state index in [4.69, 9.17) is 4.74 Å². The van der Waals surface area contributed by atoms with Gasteiger partial charge in [0.05, 0.1) is 17.0 Å². The number of benzene rings is 3. The first kappa shape index (κ1) is 18.6. The van der Waals surface area contributed by atoms with Crippen LogP contribution in [0.4, 0.5) is 0 Å². The fourth-order valence-corrected chi connectivity index (χ4v) is 3.42. The molecule has 5 heteroatoms. The number of rotatable bonds is 6. The standard InChI is InChI=1S/C24H19NO4/c26-22-19-13-7-8-14-20(19)23(27)25(22)15-21(18-11-5-2-6-12-18)24(28)29-16-17-9-3-1-4-10-17/h1-14,21H,15-16H2. The summed E-state index contributed by atoms with van der Waals surface area (Å²) in [6.07, 6.45) is 0. The molecule has 1 atom stereocenters. The number of hydrogen-bond acceptors (Lipinski definition) is 4. The third-order valence-corrected chi connectivity index (χ3v) is 4.95. The minimum absolute atomic E-state index is 0.0655. The Morgan fingerprint density at radius 2 is 1.28 bits per heavy atom. The molecule has 0 saturated carbocycles. The van der Waals surface area contributed by atoms with Crippen LogP contribution < -0.4 is 0 Å². The second-order valence-electron chi connectivity index (χ2n) is 6.82. The van der Waals surface area contributed by atoms with Crippen molar-refractivity contribution in [2.24, 2.45) is 0 Å². The van der Waals surface area contributed by atoms with Crippen LogP contribution >= 0.6 is 0 Å². The molecule has 0 radical (unpaired) electrons. The topological polar surface area (TPSA) is 63.7 Å². The lowest BCUT2D eigenvalue weighted by atomic mass is 9.98. The number of nitrogens with zero attached hydrogens (tertiary/aromatic N) is 1. The van der Waals surface area contributed by atoms with Gasteiger partial charge in [-0.25, -0.2) is 0 Å². The van der Waals surface area contributed by atoms with Crippen molar-refractivity contribution < 1.29 is 19.1 Å². The summed E-state index contributed by atoms with van der Waals surface area (Å²) in [5, 5.41) is 0. The Morgan fingerprint density at radius 1 is 0.759 bits per heavy atom. The molecule has 1 aliphatic heterocycles. The number of carbonyl (C=O) groups excluding carboxylic acids is 3. The van der Waals surface area contributed by atoms with Gasteiger partial charge in [0, 0.05) is 6.54 Å². The van der Waals surface area contributed by atoms with E-state index in [1.807, 2.05) is 48.5 Å². The van der Waals surface area contributed by atoms with Gasteiger partial charge < -0.3 is 4.74 Å². The van der Waals surface area contributed by atoms with Crippen LogP contribution in [0.5, 0.6) is 0 Å². The highest BCUT2D eigenvalue weighted by molar-refractivity contribution is 6.21. The van der Waals surface area contributed by atoms with Gasteiger partial charge in [-0.05, 0) is 23.3 Å². The molecule has 0 bridgehead atoms. The molecule has 0 aliphatic carbocycles. The van der Waals surface area contributed by atoms with Crippen molar-refractivity contribution in [3.63, 3.8) is 0 Å². The van der Waals surface area contributed by atoms with Crippen LogP contribution in [-0.4, -0.2) is 29.2 Å². The molecular weight excluding hydrogens is 366 g/mol. The van der Waals surface area contributed by atoms with E-state index in [2.05, 4.69) is 0 Å². The van der Waals surface area contributed by atoms with Crippen molar-refractivity contribution in [3.05, 3.63) is 107 Å². The summed E-state index contributed by atoms with van der Waals surface area (Å²) in [7, 11) is 0. The summed E-state index contributed by atoms with van der Waals surface area (Å²) in [6, 6.07) is 25.1. The molecule has 3 aromatic carbocycles. The minimum Gasteiger partial charge on any atom is -0.460 e. The number of amides is 2. The highest BCUT2D eigenvalue weighted by Gasteiger charge is 2.38. The Bertz CT molecular complexity index is 1010. The summed E-state index contributed by atoms with van der Waals surface area (Å²) in [4.78, 5) is 39.5. The zero-order chi connectivity index (χ0) is 20.2. The zero-order valence-electron chi connectivity index (χ0n) is 15.7. The van der Waals surface area contributed by atoms with Crippen LogP contribution in [0, 0.1) is 0 Å². The smallest absolute Gasteiger partial charge is 0.315 e. The van der Waals surface area contributed by atoms with Gasteiger partial charge in [0.25, 0.3) is 11.8 Å². The van der Waals surface area contributed by atoms with Gasteiger partial charge in [-0.3, -0.25) is 19.3 Å². The highest BCUT2D eigenvalue weighted by Crippen LogP contribution is 2.27. The van der Waals surface area contributed by atoms with E-state index in [-0.39, 0.29) is 25.0 Å². The molecule has 0 fully saturated rings. The van der Waals surface area contributed by atoms with Gasteiger partial charge in [-0.15, -0.1) is 0 Å². The van der Waals surface area contributed by atoms with Gasteiger partial charge in [0.1, 0.15) is 6.61 Å². The van der Waals surface area contributed by atoms with Crippen molar-refractivity contribution >= 4 is 17.8 Å². The molecule has 1 aliphatic rings. The van der Waals surface area contributed by atoms with Crippen LogP contribution in [-0.2, 0) is 16.1 Å². The number of esters is 1. The third kappa shape index (κ3) is 3.80.